The highest BCUT2D eigenvalue weighted by atomic mass is 19.1. The van der Waals surface area contributed by atoms with Crippen molar-refractivity contribution in [2.24, 2.45) is 0 Å². The van der Waals surface area contributed by atoms with Gasteiger partial charge in [-0.1, -0.05) is 12.1 Å². The molecule has 1 heterocycles. The van der Waals surface area contributed by atoms with Crippen LogP contribution in [0.2, 0.25) is 0 Å². The molecule has 2 N–H and O–H groups in total. The second kappa shape index (κ2) is 9.37. The summed E-state index contributed by atoms with van der Waals surface area (Å²) in [5.74, 6) is -0.297. The number of hydrogen-bond donors (Lipinski definition) is 2. The second-order valence-electron chi connectivity index (χ2n) is 6.92. The van der Waals surface area contributed by atoms with Crippen LogP contribution >= 0.6 is 0 Å². The van der Waals surface area contributed by atoms with Crippen molar-refractivity contribution in [3.63, 3.8) is 0 Å². The summed E-state index contributed by atoms with van der Waals surface area (Å²) in [5, 5.41) is 6.13. The second-order valence-corrected chi connectivity index (χ2v) is 6.92. The molecule has 0 spiro atoms. The van der Waals surface area contributed by atoms with E-state index in [0.717, 1.165) is 37.4 Å². The third-order valence-corrected chi connectivity index (χ3v) is 4.82. The Bertz CT molecular complexity index is 725. The molecule has 6 heteroatoms. The number of anilines is 2. The predicted molar refractivity (Wildman–Crippen MR) is 108 cm³/mol. The molecule has 0 aromatic heterocycles. The van der Waals surface area contributed by atoms with Gasteiger partial charge in [0.05, 0.1) is 0 Å². The predicted octanol–water partition coefficient (Wildman–Crippen LogP) is 2.70. The maximum atomic E-state index is 12.9. The summed E-state index contributed by atoms with van der Waals surface area (Å²) < 4.78 is 12.9. The number of benzene rings is 2. The summed E-state index contributed by atoms with van der Waals surface area (Å²) in [7, 11) is 2.15. The van der Waals surface area contributed by atoms with Crippen molar-refractivity contribution >= 4 is 17.3 Å². The molecule has 1 saturated heterocycles. The molecule has 0 aliphatic carbocycles. The van der Waals surface area contributed by atoms with Crippen LogP contribution in [0.4, 0.5) is 15.8 Å². The van der Waals surface area contributed by atoms with Crippen LogP contribution in [0.25, 0.3) is 0 Å². The van der Waals surface area contributed by atoms with Crippen molar-refractivity contribution in [3.8, 4) is 0 Å². The standard InChI is InChI=1S/C21H27FN4O/c1-25-12-14-26(15-13-25)20-8-6-19(7-9-20)23-11-10-21(27)24-16-17-2-4-18(22)5-3-17/h2-9,23H,10-16H2,1H3,(H,24,27). The summed E-state index contributed by atoms with van der Waals surface area (Å²) in [4.78, 5) is 16.7. The smallest absolute Gasteiger partial charge is 0.222 e. The Morgan fingerprint density at radius 1 is 1.00 bits per heavy atom. The number of carbonyl (C=O) groups excluding carboxylic acids is 1. The third kappa shape index (κ3) is 5.96. The van der Waals surface area contributed by atoms with Gasteiger partial charge in [0.1, 0.15) is 5.82 Å². The Balaban J connectivity index is 1.37. The molecule has 0 atom stereocenters. The number of nitrogens with one attached hydrogen (secondary N) is 2. The quantitative estimate of drug-likeness (QED) is 0.787. The molecule has 0 bridgehead atoms. The number of likely N-dealkylation sites (N-methyl/N-ethyl adjacent to an activating group) is 1. The van der Waals surface area contributed by atoms with E-state index >= 15 is 0 Å². The molecular weight excluding hydrogens is 343 g/mol. The van der Waals surface area contributed by atoms with Crippen LogP contribution in [-0.2, 0) is 11.3 Å². The van der Waals surface area contributed by atoms with Crippen LogP contribution in [-0.4, -0.2) is 50.6 Å². The fraction of sp³-hybridized carbons (Fsp3) is 0.381. The Morgan fingerprint density at radius 3 is 2.33 bits per heavy atom. The van der Waals surface area contributed by atoms with Crippen molar-refractivity contribution in [1.82, 2.24) is 10.2 Å². The lowest BCUT2D eigenvalue weighted by atomic mass is 10.2. The fourth-order valence-electron chi connectivity index (χ4n) is 3.07. The van der Waals surface area contributed by atoms with Crippen molar-refractivity contribution in [3.05, 3.63) is 59.9 Å². The van der Waals surface area contributed by atoms with Gasteiger partial charge in [0.2, 0.25) is 5.91 Å². The Kier molecular flexibility index (Phi) is 6.65. The molecular formula is C21H27FN4O. The summed E-state index contributed by atoms with van der Waals surface area (Å²) in [6.45, 7) is 5.27. The third-order valence-electron chi connectivity index (χ3n) is 4.82. The zero-order valence-corrected chi connectivity index (χ0v) is 15.7. The number of piperazine rings is 1. The van der Waals surface area contributed by atoms with Crippen molar-refractivity contribution in [2.75, 3.05) is 50.0 Å². The molecule has 0 unspecified atom stereocenters. The molecule has 0 radical (unpaired) electrons. The van der Waals surface area contributed by atoms with Gasteiger partial charge in [-0.3, -0.25) is 4.79 Å². The van der Waals surface area contributed by atoms with E-state index < -0.39 is 0 Å². The van der Waals surface area contributed by atoms with Gasteiger partial charge < -0.3 is 20.4 Å². The van der Waals surface area contributed by atoms with E-state index in [9.17, 15) is 9.18 Å². The molecule has 27 heavy (non-hydrogen) atoms. The highest BCUT2D eigenvalue weighted by Gasteiger charge is 2.13. The minimum atomic E-state index is -0.270. The first-order chi connectivity index (χ1) is 13.1. The van der Waals surface area contributed by atoms with E-state index in [1.807, 2.05) is 0 Å². The molecule has 0 saturated carbocycles. The molecule has 3 rings (SSSR count). The van der Waals surface area contributed by atoms with Crippen LogP contribution < -0.4 is 15.5 Å². The SMILES string of the molecule is CN1CCN(c2ccc(NCCC(=O)NCc3ccc(F)cc3)cc2)CC1. The van der Waals surface area contributed by atoms with Gasteiger partial charge in [0.15, 0.2) is 0 Å². The zero-order chi connectivity index (χ0) is 19.1. The zero-order valence-electron chi connectivity index (χ0n) is 15.7. The highest BCUT2D eigenvalue weighted by molar-refractivity contribution is 5.76. The minimum Gasteiger partial charge on any atom is -0.385 e. The van der Waals surface area contributed by atoms with Crippen LogP contribution in [0, 0.1) is 5.82 Å². The van der Waals surface area contributed by atoms with Crippen LogP contribution in [0.5, 0.6) is 0 Å². The topological polar surface area (TPSA) is 47.6 Å². The first kappa shape index (κ1) is 19.2. The molecule has 5 nitrogen and oxygen atoms in total. The normalized spacial score (nSPS) is 14.8. The lowest BCUT2D eigenvalue weighted by molar-refractivity contribution is -0.121. The molecule has 1 aliphatic rings. The number of halogens is 1. The number of rotatable bonds is 7. The Hall–Kier alpha value is -2.60. The van der Waals surface area contributed by atoms with E-state index in [-0.39, 0.29) is 11.7 Å². The van der Waals surface area contributed by atoms with Gasteiger partial charge in [-0.2, -0.15) is 0 Å². The summed E-state index contributed by atoms with van der Waals surface area (Å²) in [5.41, 5.74) is 3.14. The minimum absolute atomic E-state index is 0.0270. The number of amides is 1. The first-order valence-electron chi connectivity index (χ1n) is 9.39. The van der Waals surface area contributed by atoms with E-state index in [2.05, 4.69) is 51.7 Å². The van der Waals surface area contributed by atoms with E-state index in [1.165, 1.54) is 17.8 Å². The largest absolute Gasteiger partial charge is 0.385 e. The van der Waals surface area contributed by atoms with Gasteiger partial charge in [-0.25, -0.2) is 4.39 Å². The van der Waals surface area contributed by atoms with Gasteiger partial charge in [0, 0.05) is 57.1 Å². The molecule has 2 aromatic rings. The van der Waals surface area contributed by atoms with Crippen LogP contribution in [0.3, 0.4) is 0 Å². The number of hydrogen-bond acceptors (Lipinski definition) is 4. The van der Waals surface area contributed by atoms with Gasteiger partial charge in [-0.15, -0.1) is 0 Å². The molecule has 2 aromatic carbocycles. The monoisotopic (exact) mass is 370 g/mol. The average Bonchev–Trinajstić information content (AvgIpc) is 2.69. The van der Waals surface area contributed by atoms with Gasteiger partial charge in [0.25, 0.3) is 0 Å². The first-order valence-corrected chi connectivity index (χ1v) is 9.39. The lowest BCUT2D eigenvalue weighted by Gasteiger charge is -2.34. The lowest BCUT2D eigenvalue weighted by Crippen LogP contribution is -2.44. The van der Waals surface area contributed by atoms with E-state index in [0.29, 0.717) is 19.5 Å². The number of carbonyl (C=O) groups is 1. The summed E-state index contributed by atoms with van der Waals surface area (Å²) in [6.07, 6.45) is 0.390. The highest BCUT2D eigenvalue weighted by Crippen LogP contribution is 2.19. The Labute approximate surface area is 160 Å². The van der Waals surface area contributed by atoms with E-state index in [4.69, 9.17) is 0 Å². The summed E-state index contributed by atoms with van der Waals surface area (Å²) >= 11 is 0. The molecule has 1 aliphatic heterocycles. The van der Waals surface area contributed by atoms with Crippen molar-refractivity contribution in [2.45, 2.75) is 13.0 Å². The Morgan fingerprint density at radius 2 is 1.67 bits per heavy atom. The van der Waals surface area contributed by atoms with Crippen molar-refractivity contribution < 1.29 is 9.18 Å². The molecule has 1 amide bonds. The van der Waals surface area contributed by atoms with Gasteiger partial charge in [-0.05, 0) is 49.0 Å². The maximum absolute atomic E-state index is 12.9. The summed E-state index contributed by atoms with van der Waals surface area (Å²) in [6, 6.07) is 14.5. The van der Waals surface area contributed by atoms with Crippen molar-refractivity contribution in [1.29, 1.82) is 0 Å². The van der Waals surface area contributed by atoms with Crippen LogP contribution in [0.1, 0.15) is 12.0 Å². The average molecular weight is 370 g/mol. The number of nitrogens with zero attached hydrogens (tertiary/aromatic N) is 2. The van der Waals surface area contributed by atoms with Gasteiger partial charge >= 0.3 is 0 Å². The fourth-order valence-corrected chi connectivity index (χ4v) is 3.07. The van der Waals surface area contributed by atoms with Crippen LogP contribution in [0.15, 0.2) is 48.5 Å². The van der Waals surface area contributed by atoms with E-state index in [1.54, 1.807) is 12.1 Å². The molecule has 1 fully saturated rings. The molecule has 144 valence electrons. The maximum Gasteiger partial charge on any atom is 0.222 e.